The van der Waals surface area contributed by atoms with Crippen molar-refractivity contribution >= 4 is 17.6 Å². The van der Waals surface area contributed by atoms with Gasteiger partial charge in [-0.2, -0.15) is 0 Å². The molecular formula is C19H21NO4. The van der Waals surface area contributed by atoms with Gasteiger partial charge >= 0.3 is 5.97 Å². The Kier molecular flexibility index (Phi) is 5.95. The Labute approximate surface area is 141 Å². The molecule has 0 aliphatic rings. The first-order valence-electron chi connectivity index (χ1n) is 7.86. The fraction of sp³-hybridized carbons (Fsp3) is 0.263. The van der Waals surface area contributed by atoms with E-state index in [1.54, 1.807) is 24.3 Å². The summed E-state index contributed by atoms with van der Waals surface area (Å²) in [6.07, 6.45) is 1.19. The van der Waals surface area contributed by atoms with E-state index >= 15 is 0 Å². The molecule has 1 unspecified atom stereocenters. The molecule has 0 saturated heterocycles. The molecule has 0 heterocycles. The molecule has 2 aromatic rings. The highest BCUT2D eigenvalue weighted by Crippen LogP contribution is 2.18. The van der Waals surface area contributed by atoms with Crippen LogP contribution in [0.25, 0.3) is 0 Å². The van der Waals surface area contributed by atoms with Gasteiger partial charge in [0.1, 0.15) is 5.75 Å². The maximum Gasteiger partial charge on any atom is 0.335 e. The molecule has 0 spiro atoms. The quantitative estimate of drug-likeness (QED) is 0.812. The number of carbonyl (C=O) groups excluding carboxylic acids is 1. The maximum absolute atomic E-state index is 12.1. The number of carboxylic acid groups (broad SMARTS) is 1. The van der Waals surface area contributed by atoms with E-state index in [9.17, 15) is 9.59 Å². The molecule has 0 aromatic heterocycles. The molecule has 2 N–H and O–H groups in total. The van der Waals surface area contributed by atoms with Crippen molar-refractivity contribution in [2.24, 2.45) is 0 Å². The van der Waals surface area contributed by atoms with Crippen molar-refractivity contribution < 1.29 is 19.4 Å². The van der Waals surface area contributed by atoms with E-state index in [4.69, 9.17) is 9.84 Å². The smallest absolute Gasteiger partial charge is 0.335 e. The van der Waals surface area contributed by atoms with Gasteiger partial charge in [-0.25, -0.2) is 4.79 Å². The predicted molar refractivity (Wildman–Crippen MR) is 92.6 cm³/mol. The van der Waals surface area contributed by atoms with Crippen molar-refractivity contribution in [1.82, 2.24) is 0 Å². The molecule has 5 heteroatoms. The van der Waals surface area contributed by atoms with Gasteiger partial charge in [-0.05, 0) is 55.3 Å². The highest BCUT2D eigenvalue weighted by Gasteiger charge is 2.08. The molecule has 24 heavy (non-hydrogen) atoms. The lowest BCUT2D eigenvalue weighted by molar-refractivity contribution is -0.115. The molecule has 5 nitrogen and oxygen atoms in total. The third-order valence-corrected chi connectivity index (χ3v) is 3.59. The summed E-state index contributed by atoms with van der Waals surface area (Å²) in [6.45, 7) is 4.06. The topological polar surface area (TPSA) is 75.6 Å². The molecule has 0 radical (unpaired) electrons. The number of hydrogen-bond donors (Lipinski definition) is 2. The number of aromatic carboxylic acids is 1. The van der Waals surface area contributed by atoms with E-state index in [1.807, 2.05) is 19.1 Å². The van der Waals surface area contributed by atoms with Gasteiger partial charge in [0.15, 0.2) is 0 Å². The minimum absolute atomic E-state index is 0.117. The second kappa shape index (κ2) is 8.15. The summed E-state index contributed by atoms with van der Waals surface area (Å²) in [5.74, 6) is -0.446. The van der Waals surface area contributed by atoms with Gasteiger partial charge in [-0.15, -0.1) is 0 Å². The van der Waals surface area contributed by atoms with Crippen molar-refractivity contribution in [3.63, 3.8) is 0 Å². The van der Waals surface area contributed by atoms with E-state index in [-0.39, 0.29) is 24.0 Å². The molecule has 0 saturated carbocycles. The first kappa shape index (κ1) is 17.5. The minimum atomic E-state index is -1.01. The van der Waals surface area contributed by atoms with Crippen molar-refractivity contribution in [2.75, 3.05) is 5.32 Å². The number of carbonyl (C=O) groups is 2. The first-order valence-corrected chi connectivity index (χ1v) is 7.86. The molecule has 1 amide bonds. The molecule has 2 rings (SSSR count). The second-order valence-electron chi connectivity index (χ2n) is 5.59. The van der Waals surface area contributed by atoms with Crippen molar-refractivity contribution in [3.8, 4) is 5.75 Å². The maximum atomic E-state index is 12.1. The number of ether oxygens (including phenoxy) is 1. The van der Waals surface area contributed by atoms with Crippen LogP contribution < -0.4 is 10.1 Å². The molecule has 0 fully saturated rings. The van der Waals surface area contributed by atoms with Crippen molar-refractivity contribution in [2.45, 2.75) is 32.8 Å². The lowest BCUT2D eigenvalue weighted by Crippen LogP contribution is -2.15. The normalized spacial score (nSPS) is 11.6. The van der Waals surface area contributed by atoms with Crippen LogP contribution in [0.15, 0.2) is 48.5 Å². The number of amides is 1. The number of anilines is 1. The zero-order chi connectivity index (χ0) is 17.5. The van der Waals surface area contributed by atoms with Gasteiger partial charge in [0.05, 0.1) is 18.1 Å². The molecular weight excluding hydrogens is 306 g/mol. The van der Waals surface area contributed by atoms with E-state index in [0.29, 0.717) is 11.3 Å². The lowest BCUT2D eigenvalue weighted by Gasteiger charge is -2.13. The summed E-state index contributed by atoms with van der Waals surface area (Å²) < 4.78 is 5.69. The van der Waals surface area contributed by atoms with Crippen LogP contribution >= 0.6 is 0 Å². The van der Waals surface area contributed by atoms with Crippen LogP contribution in [0.1, 0.15) is 36.2 Å². The Morgan fingerprint density at radius 2 is 1.88 bits per heavy atom. The summed E-state index contributed by atoms with van der Waals surface area (Å²) in [5, 5.41) is 11.8. The van der Waals surface area contributed by atoms with Gasteiger partial charge in [0.2, 0.25) is 5.91 Å². The molecule has 0 aliphatic carbocycles. The highest BCUT2D eigenvalue weighted by molar-refractivity contribution is 5.93. The van der Waals surface area contributed by atoms with Crippen LogP contribution in [-0.2, 0) is 11.2 Å². The lowest BCUT2D eigenvalue weighted by atomic mass is 10.1. The fourth-order valence-electron chi connectivity index (χ4n) is 2.14. The van der Waals surface area contributed by atoms with Crippen LogP contribution in [0.5, 0.6) is 5.75 Å². The zero-order valence-electron chi connectivity index (χ0n) is 13.8. The van der Waals surface area contributed by atoms with Gasteiger partial charge in [0, 0.05) is 5.69 Å². The Morgan fingerprint density at radius 1 is 1.17 bits per heavy atom. The van der Waals surface area contributed by atoms with Gasteiger partial charge in [0.25, 0.3) is 0 Å². The van der Waals surface area contributed by atoms with E-state index in [2.05, 4.69) is 12.2 Å². The summed E-state index contributed by atoms with van der Waals surface area (Å²) in [6, 6.07) is 13.6. The fourth-order valence-corrected chi connectivity index (χ4v) is 2.14. The molecule has 126 valence electrons. The number of carboxylic acids is 1. The summed E-state index contributed by atoms with van der Waals surface area (Å²) >= 11 is 0. The van der Waals surface area contributed by atoms with Gasteiger partial charge in [-0.1, -0.05) is 19.1 Å². The Morgan fingerprint density at radius 3 is 2.50 bits per heavy atom. The van der Waals surface area contributed by atoms with Gasteiger partial charge in [-0.3, -0.25) is 4.79 Å². The number of benzene rings is 2. The average Bonchev–Trinajstić information content (AvgIpc) is 2.56. The van der Waals surface area contributed by atoms with Crippen molar-refractivity contribution in [1.29, 1.82) is 0 Å². The van der Waals surface area contributed by atoms with Crippen LogP contribution in [0, 0.1) is 0 Å². The highest BCUT2D eigenvalue weighted by atomic mass is 16.5. The van der Waals surface area contributed by atoms with E-state index < -0.39 is 5.97 Å². The van der Waals surface area contributed by atoms with E-state index in [0.717, 1.165) is 12.2 Å². The van der Waals surface area contributed by atoms with Gasteiger partial charge < -0.3 is 15.2 Å². The van der Waals surface area contributed by atoms with Crippen molar-refractivity contribution in [3.05, 3.63) is 59.7 Å². The Balaban J connectivity index is 1.95. The zero-order valence-corrected chi connectivity index (χ0v) is 13.8. The van der Waals surface area contributed by atoms with E-state index in [1.165, 1.54) is 12.1 Å². The third kappa shape index (κ3) is 5.12. The summed E-state index contributed by atoms with van der Waals surface area (Å²) in [4.78, 5) is 23.0. The SMILES string of the molecule is CCC(C)Oc1ccc(NC(=O)Cc2cccc(C(=O)O)c2)cc1. The second-order valence-corrected chi connectivity index (χ2v) is 5.59. The molecule has 2 aromatic carbocycles. The number of nitrogens with one attached hydrogen (secondary N) is 1. The Bertz CT molecular complexity index is 710. The Hall–Kier alpha value is -2.82. The van der Waals surface area contributed by atoms with Crippen LogP contribution in [-0.4, -0.2) is 23.1 Å². The monoisotopic (exact) mass is 327 g/mol. The van der Waals surface area contributed by atoms with Crippen LogP contribution in [0.3, 0.4) is 0 Å². The minimum Gasteiger partial charge on any atom is -0.491 e. The summed E-state index contributed by atoms with van der Waals surface area (Å²) in [7, 11) is 0. The third-order valence-electron chi connectivity index (χ3n) is 3.59. The average molecular weight is 327 g/mol. The van der Waals surface area contributed by atoms with Crippen LogP contribution in [0.4, 0.5) is 5.69 Å². The molecule has 1 atom stereocenters. The van der Waals surface area contributed by atoms with Crippen LogP contribution in [0.2, 0.25) is 0 Å². The molecule has 0 aliphatic heterocycles. The number of rotatable bonds is 7. The summed E-state index contributed by atoms with van der Waals surface area (Å²) in [5.41, 5.74) is 1.50. The first-order chi connectivity index (χ1) is 11.5. The molecule has 0 bridgehead atoms. The number of hydrogen-bond acceptors (Lipinski definition) is 3. The standard InChI is InChI=1S/C19H21NO4/c1-3-13(2)24-17-9-7-16(8-10-17)20-18(21)12-14-5-4-6-15(11-14)19(22)23/h4-11,13H,3,12H2,1-2H3,(H,20,21)(H,22,23). The predicted octanol–water partition coefficient (Wildman–Crippen LogP) is 3.74. The largest absolute Gasteiger partial charge is 0.491 e.